The van der Waals surface area contributed by atoms with E-state index in [2.05, 4.69) is 43.4 Å². The summed E-state index contributed by atoms with van der Waals surface area (Å²) in [5, 5.41) is 4.47. The van der Waals surface area contributed by atoms with Crippen molar-refractivity contribution in [3.63, 3.8) is 0 Å². The van der Waals surface area contributed by atoms with Crippen molar-refractivity contribution >= 4 is 19.4 Å². The Morgan fingerprint density at radius 3 is 2.43 bits per heavy atom. The van der Waals surface area contributed by atoms with Gasteiger partial charge in [0.15, 0.2) is 0 Å². The van der Waals surface area contributed by atoms with E-state index in [0.717, 1.165) is 43.2 Å². The Bertz CT molecular complexity index is 852. The highest BCUT2D eigenvalue weighted by molar-refractivity contribution is 6.83. The summed E-state index contributed by atoms with van der Waals surface area (Å²) in [6.45, 7) is 10.7. The molecule has 3 rings (SSSR count). The van der Waals surface area contributed by atoms with Gasteiger partial charge in [-0.05, 0) is 53.7 Å². The molecule has 0 unspecified atom stereocenters. The summed E-state index contributed by atoms with van der Waals surface area (Å²) in [6, 6.07) is 17.3. The number of hydrogen-bond donors (Lipinski definition) is 2. The third-order valence-corrected chi connectivity index (χ3v) is 7.70. The summed E-state index contributed by atoms with van der Waals surface area (Å²) in [5.41, 5.74) is 3.72. The molecule has 2 aromatic carbocycles. The van der Waals surface area contributed by atoms with E-state index in [1.165, 1.54) is 11.1 Å². The molecule has 30 heavy (non-hydrogen) atoms. The molecule has 5 heteroatoms. The smallest absolute Gasteiger partial charge is 0.226 e. The number of amides is 1. The highest BCUT2D eigenvalue weighted by Gasteiger charge is 2.25. The molecule has 1 fully saturated rings. The predicted octanol–water partition coefficient (Wildman–Crippen LogP) is 3.54. The number of piperidine rings is 1. The second-order valence-corrected chi connectivity index (χ2v) is 13.1. The zero-order chi connectivity index (χ0) is 21.7. The predicted molar refractivity (Wildman–Crippen MR) is 126 cm³/mol. The van der Waals surface area contributed by atoms with Gasteiger partial charge in [0.1, 0.15) is 0 Å². The van der Waals surface area contributed by atoms with Crippen LogP contribution in [0, 0.1) is 0 Å². The average Bonchev–Trinajstić information content (AvgIpc) is 2.72. The molecule has 4 nitrogen and oxygen atoms in total. The van der Waals surface area contributed by atoms with Gasteiger partial charge in [-0.2, -0.15) is 0 Å². The fourth-order valence-electron chi connectivity index (χ4n) is 4.09. The monoisotopic (exact) mass is 424 g/mol. The summed E-state index contributed by atoms with van der Waals surface area (Å²) in [6.07, 6.45) is 2.45. The molecule has 0 aromatic heterocycles. The minimum atomic E-state index is -2.35. The molecule has 1 saturated heterocycles. The van der Waals surface area contributed by atoms with Crippen LogP contribution in [0.2, 0.25) is 13.1 Å². The van der Waals surface area contributed by atoms with Gasteiger partial charge in [0.05, 0.1) is 6.42 Å². The van der Waals surface area contributed by atoms with E-state index >= 15 is 0 Å². The van der Waals surface area contributed by atoms with Gasteiger partial charge in [0.2, 0.25) is 14.2 Å². The fraction of sp³-hybridized carbons (Fsp3) is 0.480. The van der Waals surface area contributed by atoms with Crippen LogP contribution in [0.15, 0.2) is 48.5 Å². The molecule has 1 aliphatic rings. The van der Waals surface area contributed by atoms with Crippen LogP contribution in [-0.2, 0) is 17.8 Å². The maximum absolute atomic E-state index is 12.8. The van der Waals surface area contributed by atoms with Crippen molar-refractivity contribution in [1.29, 1.82) is 0 Å². The van der Waals surface area contributed by atoms with Gasteiger partial charge in [0.25, 0.3) is 0 Å². The van der Waals surface area contributed by atoms with Crippen LogP contribution in [0.3, 0.4) is 0 Å². The van der Waals surface area contributed by atoms with Gasteiger partial charge < -0.3 is 15.0 Å². The van der Waals surface area contributed by atoms with Gasteiger partial charge >= 0.3 is 0 Å². The van der Waals surface area contributed by atoms with Gasteiger partial charge in [-0.1, -0.05) is 62.4 Å². The lowest BCUT2D eigenvalue weighted by molar-refractivity contribution is -0.131. The largest absolute Gasteiger partial charge is 0.428 e. The van der Waals surface area contributed by atoms with Crippen molar-refractivity contribution in [3.8, 4) is 0 Å². The molecule has 0 radical (unpaired) electrons. The Morgan fingerprint density at radius 2 is 1.77 bits per heavy atom. The van der Waals surface area contributed by atoms with Crippen LogP contribution in [0.5, 0.6) is 0 Å². The Hall–Kier alpha value is -1.95. The molecule has 2 aromatic rings. The summed E-state index contributed by atoms with van der Waals surface area (Å²) in [5.74, 6) is 0.718. The number of nitrogens with zero attached hydrogens (tertiary/aromatic N) is 1. The van der Waals surface area contributed by atoms with Crippen LogP contribution < -0.4 is 10.5 Å². The Morgan fingerprint density at radius 1 is 1.10 bits per heavy atom. The minimum absolute atomic E-state index is 0.192. The number of nitrogens with one attached hydrogen (secondary N) is 1. The lowest BCUT2D eigenvalue weighted by atomic mass is 9.88. The van der Waals surface area contributed by atoms with Crippen molar-refractivity contribution in [2.75, 3.05) is 13.1 Å². The maximum Gasteiger partial charge on any atom is 0.226 e. The van der Waals surface area contributed by atoms with Gasteiger partial charge in [-0.3, -0.25) is 4.79 Å². The molecular formula is C25H36N2O2Si. The SMILES string of the molecule is CC(C)NCc1cccc(C2CCN(C(=O)Cc3cccc([Si](C)(C)O)c3)CC2)c1. The topological polar surface area (TPSA) is 52.6 Å². The summed E-state index contributed by atoms with van der Waals surface area (Å²) >= 11 is 0. The quantitative estimate of drug-likeness (QED) is 0.669. The molecular weight excluding hydrogens is 388 g/mol. The summed E-state index contributed by atoms with van der Waals surface area (Å²) in [4.78, 5) is 25.2. The van der Waals surface area contributed by atoms with Crippen molar-refractivity contribution < 1.29 is 9.59 Å². The van der Waals surface area contributed by atoms with E-state index in [9.17, 15) is 9.59 Å². The standard InChI is InChI=1S/C25H36N2O2Si/c1-19(2)26-18-21-8-5-9-23(15-21)22-11-13-27(14-12-22)25(28)17-20-7-6-10-24(16-20)30(3,4)29/h5-10,15-16,19,22,26,29H,11-14,17-18H2,1-4H3. The third-order valence-electron chi connectivity index (χ3n) is 5.97. The van der Waals surface area contributed by atoms with E-state index in [1.54, 1.807) is 0 Å². The van der Waals surface area contributed by atoms with E-state index < -0.39 is 8.32 Å². The first kappa shape index (κ1) is 22.7. The molecule has 1 aliphatic heterocycles. The lowest BCUT2D eigenvalue weighted by Gasteiger charge is -2.32. The van der Waals surface area contributed by atoms with E-state index in [0.29, 0.717) is 18.4 Å². The highest BCUT2D eigenvalue weighted by atomic mass is 28.4. The van der Waals surface area contributed by atoms with Gasteiger partial charge in [-0.15, -0.1) is 0 Å². The van der Waals surface area contributed by atoms with E-state index in [1.807, 2.05) is 42.3 Å². The molecule has 1 amide bonds. The second-order valence-electron chi connectivity index (χ2n) is 9.37. The number of rotatable bonds is 7. The number of carbonyl (C=O) groups excluding carboxylic acids is 1. The van der Waals surface area contributed by atoms with Gasteiger partial charge in [0, 0.05) is 25.7 Å². The fourth-order valence-corrected chi connectivity index (χ4v) is 5.13. The van der Waals surface area contributed by atoms with Gasteiger partial charge in [-0.25, -0.2) is 0 Å². The molecule has 162 valence electrons. The average molecular weight is 425 g/mol. The molecule has 1 heterocycles. The van der Waals surface area contributed by atoms with Crippen LogP contribution in [0.1, 0.15) is 49.3 Å². The molecule has 0 atom stereocenters. The van der Waals surface area contributed by atoms with Crippen LogP contribution in [-0.4, -0.2) is 43.1 Å². The number of likely N-dealkylation sites (tertiary alicyclic amines) is 1. The lowest BCUT2D eigenvalue weighted by Crippen LogP contribution is -2.42. The van der Waals surface area contributed by atoms with Crippen molar-refractivity contribution in [1.82, 2.24) is 10.2 Å². The highest BCUT2D eigenvalue weighted by Crippen LogP contribution is 2.29. The van der Waals surface area contributed by atoms with Crippen LogP contribution >= 0.6 is 0 Å². The first-order valence-electron chi connectivity index (χ1n) is 11.1. The van der Waals surface area contributed by atoms with Crippen molar-refractivity contribution in [3.05, 3.63) is 65.2 Å². The first-order valence-corrected chi connectivity index (χ1v) is 14.1. The normalized spacial score (nSPS) is 15.6. The third kappa shape index (κ3) is 6.27. The van der Waals surface area contributed by atoms with Crippen LogP contribution in [0.4, 0.5) is 0 Å². The Balaban J connectivity index is 1.55. The van der Waals surface area contributed by atoms with E-state index in [-0.39, 0.29) is 5.91 Å². The molecule has 0 aliphatic carbocycles. The Labute approximate surface area is 182 Å². The maximum atomic E-state index is 12.8. The van der Waals surface area contributed by atoms with Crippen molar-refractivity contribution in [2.45, 2.75) is 64.7 Å². The number of carbonyl (C=O) groups is 1. The molecule has 0 spiro atoms. The molecule has 2 N–H and O–H groups in total. The molecule has 0 bridgehead atoms. The zero-order valence-corrected chi connectivity index (χ0v) is 19.8. The number of benzene rings is 2. The van der Waals surface area contributed by atoms with E-state index in [4.69, 9.17) is 0 Å². The zero-order valence-electron chi connectivity index (χ0n) is 18.8. The Kier molecular flexibility index (Phi) is 7.50. The first-order chi connectivity index (χ1) is 14.2. The number of hydrogen-bond acceptors (Lipinski definition) is 3. The second kappa shape index (κ2) is 9.90. The summed E-state index contributed by atoms with van der Waals surface area (Å²) < 4.78 is 0. The minimum Gasteiger partial charge on any atom is -0.428 e. The summed E-state index contributed by atoms with van der Waals surface area (Å²) in [7, 11) is -2.35. The molecule has 0 saturated carbocycles. The van der Waals surface area contributed by atoms with Crippen LogP contribution in [0.25, 0.3) is 0 Å². The van der Waals surface area contributed by atoms with Crippen molar-refractivity contribution in [2.24, 2.45) is 0 Å².